The fraction of sp³-hybridized carbons (Fsp3) is 0.781. The van der Waals surface area contributed by atoms with Crippen LogP contribution < -0.4 is 26.6 Å². The Bertz CT molecular complexity index is 1040. The van der Waals surface area contributed by atoms with E-state index in [9.17, 15) is 38.7 Å². The van der Waals surface area contributed by atoms with Gasteiger partial charge in [0.25, 0.3) is 0 Å². The topological polar surface area (TPSA) is 257 Å². The van der Waals surface area contributed by atoms with Crippen LogP contribution in [0.2, 0.25) is 0 Å². The van der Waals surface area contributed by atoms with Crippen molar-refractivity contribution >= 4 is 49.9 Å². The zero-order valence-corrected chi connectivity index (χ0v) is 30.9. The number of rotatable bonds is 35. The summed E-state index contributed by atoms with van der Waals surface area (Å²) in [5.74, 6) is -3.37. The number of hydrogen-bond acceptors (Lipinski definition) is 12. The normalized spacial score (nSPS) is 12.3. The number of ketones is 1. The number of hydrogen-bond donors (Lipinski definition) is 7. The Labute approximate surface area is 301 Å². The second-order valence-electron chi connectivity index (χ2n) is 11.3. The predicted molar refractivity (Wildman–Crippen MR) is 188 cm³/mol. The molecule has 0 aromatic heterocycles. The minimum Gasteiger partial charge on any atom is -0.481 e. The minimum atomic E-state index is -1.24. The molecule has 0 saturated heterocycles. The van der Waals surface area contributed by atoms with Gasteiger partial charge in [-0.15, -0.1) is 8.58 Å². The maximum Gasteiger partial charge on any atom is 0.326 e. The summed E-state index contributed by atoms with van der Waals surface area (Å²) in [6.45, 7) is 3.54. The van der Waals surface area contributed by atoms with Gasteiger partial charge in [0, 0.05) is 38.9 Å². The minimum absolute atomic E-state index is 0.0738. The van der Waals surface area contributed by atoms with E-state index in [1.807, 2.05) is 0 Å². The monoisotopic (exact) mass is 751 g/mol. The molecule has 0 spiro atoms. The van der Waals surface area contributed by atoms with Crippen molar-refractivity contribution in [2.24, 2.45) is 0 Å². The van der Waals surface area contributed by atoms with Crippen LogP contribution in [0.15, 0.2) is 0 Å². The fourth-order valence-electron chi connectivity index (χ4n) is 4.23. The van der Waals surface area contributed by atoms with E-state index in [-0.39, 0.29) is 121 Å². The maximum absolute atomic E-state index is 12.0. The Balaban J connectivity index is 3.66. The van der Waals surface area contributed by atoms with Crippen LogP contribution in [-0.2, 0) is 52.5 Å². The average Bonchev–Trinajstić information content (AvgIpc) is 3.08. The predicted octanol–water partition coefficient (Wildman–Crippen LogP) is -0.968. The standard InChI is InChI=1S/C32H58N5O13P/c1-24(38)25(33-2)6-3-4-11-34-29(41)22-49-18-17-48-15-13-36-30(42)23-50-19-16-47-14-12-35-27(39)9-8-26(32(45)46)37-28(40)7-5-20-51-21-10-31(43)44/h25-26,33,51H,3-23H2,1-2H3,(H,34,41)(H,35,39)(H,36,42)(H,37,40)(H,43,44)(H,45,46)/t25-,26-/m0/s1. The van der Waals surface area contributed by atoms with Crippen molar-refractivity contribution in [3.8, 4) is 0 Å². The summed E-state index contributed by atoms with van der Waals surface area (Å²) in [5.41, 5.74) is 0. The molecule has 0 bridgehead atoms. The quantitative estimate of drug-likeness (QED) is 0.0304. The van der Waals surface area contributed by atoms with Crippen molar-refractivity contribution < 1.29 is 62.7 Å². The van der Waals surface area contributed by atoms with Gasteiger partial charge in [0.15, 0.2) is 0 Å². The third-order valence-electron chi connectivity index (χ3n) is 6.99. The summed E-state index contributed by atoms with van der Waals surface area (Å²) in [6.07, 6.45) is 4.12. The Morgan fingerprint density at radius 1 is 0.588 bits per heavy atom. The molecule has 3 atom stereocenters. The molecule has 0 rings (SSSR count). The van der Waals surface area contributed by atoms with Gasteiger partial charge in [0.2, 0.25) is 23.6 Å². The first-order valence-electron chi connectivity index (χ1n) is 17.2. The third-order valence-corrected chi connectivity index (χ3v) is 8.31. The molecule has 0 heterocycles. The van der Waals surface area contributed by atoms with Gasteiger partial charge < -0.3 is 55.7 Å². The number of unbranched alkanes of at least 4 members (excludes halogenated alkanes) is 1. The number of likely N-dealkylation sites (N-methyl/N-ethyl adjacent to an activating group) is 1. The summed E-state index contributed by atoms with van der Waals surface area (Å²) in [4.78, 5) is 81.0. The van der Waals surface area contributed by atoms with Crippen LogP contribution in [0.3, 0.4) is 0 Å². The highest BCUT2D eigenvalue weighted by Crippen LogP contribution is 2.14. The first-order chi connectivity index (χ1) is 24.5. The fourth-order valence-corrected chi connectivity index (χ4v) is 5.30. The highest BCUT2D eigenvalue weighted by Gasteiger charge is 2.21. The molecule has 0 aromatic carbocycles. The highest BCUT2D eigenvalue weighted by molar-refractivity contribution is 7.38. The summed E-state index contributed by atoms with van der Waals surface area (Å²) in [5, 5.41) is 31.4. The summed E-state index contributed by atoms with van der Waals surface area (Å²) >= 11 is 0. The van der Waals surface area contributed by atoms with Crippen molar-refractivity contribution in [2.45, 2.75) is 70.4 Å². The second-order valence-corrected chi connectivity index (χ2v) is 12.8. The molecule has 18 nitrogen and oxygen atoms in total. The van der Waals surface area contributed by atoms with Gasteiger partial charge in [-0.05, 0) is 58.4 Å². The van der Waals surface area contributed by atoms with Gasteiger partial charge in [0.05, 0.1) is 45.7 Å². The van der Waals surface area contributed by atoms with E-state index in [0.29, 0.717) is 33.9 Å². The molecule has 294 valence electrons. The second kappa shape index (κ2) is 32.6. The van der Waals surface area contributed by atoms with E-state index in [2.05, 4.69) is 26.6 Å². The summed E-state index contributed by atoms with van der Waals surface area (Å²) in [6, 6.07) is -1.35. The third kappa shape index (κ3) is 31.2. The van der Waals surface area contributed by atoms with Crippen LogP contribution in [0, 0.1) is 0 Å². The Kier molecular flexibility index (Phi) is 30.5. The lowest BCUT2D eigenvalue weighted by Gasteiger charge is -2.14. The molecule has 51 heavy (non-hydrogen) atoms. The average molecular weight is 752 g/mol. The van der Waals surface area contributed by atoms with E-state index in [0.717, 1.165) is 19.3 Å². The van der Waals surface area contributed by atoms with Gasteiger partial charge in [-0.25, -0.2) is 4.79 Å². The number of carboxylic acid groups (broad SMARTS) is 2. The molecule has 0 radical (unpaired) electrons. The number of carboxylic acids is 2. The van der Waals surface area contributed by atoms with Crippen LogP contribution >= 0.6 is 8.58 Å². The largest absolute Gasteiger partial charge is 0.481 e. The van der Waals surface area contributed by atoms with Gasteiger partial charge in [-0.3, -0.25) is 28.8 Å². The SMILES string of the molecule is CN[C@@H](CCCCNC(=O)COCCOCCNC(=O)COCCOCCNC(=O)CC[C@H](NC(=O)CCCPCCC(=O)O)C(=O)O)C(C)=O. The zero-order chi connectivity index (χ0) is 38.1. The van der Waals surface area contributed by atoms with Gasteiger partial charge in [-0.1, -0.05) is 0 Å². The van der Waals surface area contributed by atoms with Gasteiger partial charge in [0.1, 0.15) is 25.0 Å². The highest BCUT2D eigenvalue weighted by atomic mass is 31.1. The number of ether oxygens (including phenoxy) is 4. The van der Waals surface area contributed by atoms with Crippen LogP contribution in [0.25, 0.3) is 0 Å². The smallest absolute Gasteiger partial charge is 0.326 e. The van der Waals surface area contributed by atoms with E-state index in [1.54, 1.807) is 14.0 Å². The molecule has 4 amide bonds. The lowest BCUT2D eigenvalue weighted by atomic mass is 10.1. The molecule has 19 heteroatoms. The molecular formula is C32H58N5O13P. The first kappa shape index (κ1) is 47.7. The lowest BCUT2D eigenvalue weighted by molar-refractivity contribution is -0.142. The summed E-state index contributed by atoms with van der Waals surface area (Å²) in [7, 11) is 2.18. The number of aliphatic carboxylic acids is 2. The van der Waals surface area contributed by atoms with Crippen molar-refractivity contribution in [1.29, 1.82) is 0 Å². The van der Waals surface area contributed by atoms with Crippen molar-refractivity contribution in [3.05, 3.63) is 0 Å². The maximum atomic E-state index is 12.0. The Morgan fingerprint density at radius 2 is 1.16 bits per heavy atom. The number of nitrogens with one attached hydrogen (secondary N) is 5. The van der Waals surface area contributed by atoms with E-state index >= 15 is 0 Å². The number of amides is 4. The molecule has 7 N–H and O–H groups in total. The molecular weight excluding hydrogens is 693 g/mol. The van der Waals surface area contributed by atoms with E-state index in [4.69, 9.17) is 24.1 Å². The lowest BCUT2D eigenvalue weighted by Crippen LogP contribution is -2.41. The Morgan fingerprint density at radius 3 is 1.71 bits per heavy atom. The molecule has 0 fully saturated rings. The van der Waals surface area contributed by atoms with Crippen LogP contribution in [0.4, 0.5) is 0 Å². The van der Waals surface area contributed by atoms with Crippen LogP contribution in [0.1, 0.15) is 58.3 Å². The van der Waals surface area contributed by atoms with Gasteiger partial charge in [-0.2, -0.15) is 0 Å². The molecule has 0 aromatic rings. The Hall–Kier alpha value is -3.28. The van der Waals surface area contributed by atoms with E-state index < -0.39 is 23.9 Å². The molecule has 0 saturated carbocycles. The van der Waals surface area contributed by atoms with Crippen molar-refractivity contribution in [2.75, 3.05) is 91.9 Å². The van der Waals surface area contributed by atoms with Crippen molar-refractivity contribution in [1.82, 2.24) is 26.6 Å². The van der Waals surface area contributed by atoms with Gasteiger partial charge >= 0.3 is 11.9 Å². The van der Waals surface area contributed by atoms with Crippen LogP contribution in [-0.4, -0.2) is 156 Å². The molecule has 1 unspecified atom stereocenters. The van der Waals surface area contributed by atoms with E-state index in [1.165, 1.54) is 0 Å². The number of Topliss-reactive ketones (excluding diaryl/α,β-unsaturated/α-hetero) is 1. The molecule has 0 aliphatic carbocycles. The number of carbonyl (C=O) groups excluding carboxylic acids is 5. The molecule has 0 aliphatic heterocycles. The van der Waals surface area contributed by atoms with Crippen LogP contribution in [0.5, 0.6) is 0 Å². The summed E-state index contributed by atoms with van der Waals surface area (Å²) < 4.78 is 21.2. The number of carbonyl (C=O) groups is 7. The molecule has 0 aliphatic rings. The first-order valence-corrected chi connectivity index (χ1v) is 18.6. The zero-order valence-electron chi connectivity index (χ0n) is 29.9. The van der Waals surface area contributed by atoms with Crippen molar-refractivity contribution in [3.63, 3.8) is 0 Å².